The van der Waals surface area contributed by atoms with E-state index in [1.807, 2.05) is 19.9 Å². The Morgan fingerprint density at radius 3 is 2.94 bits per heavy atom. The van der Waals surface area contributed by atoms with Gasteiger partial charge in [0.2, 0.25) is 0 Å². The van der Waals surface area contributed by atoms with Gasteiger partial charge in [-0.25, -0.2) is 0 Å². The molecule has 0 fully saturated rings. The van der Waals surface area contributed by atoms with E-state index in [1.165, 1.54) is 12.3 Å². The predicted molar refractivity (Wildman–Crippen MR) is 65.6 cm³/mol. The van der Waals surface area contributed by atoms with Crippen molar-refractivity contribution in [2.24, 2.45) is 0 Å². The maximum Gasteiger partial charge on any atom is 0.251 e. The molecule has 1 amide bonds. The van der Waals surface area contributed by atoms with Gasteiger partial charge in [-0.3, -0.25) is 4.79 Å². The van der Waals surface area contributed by atoms with Gasteiger partial charge < -0.3 is 10.1 Å². The molecule has 0 atom stereocenters. The third kappa shape index (κ3) is 3.95. The molecule has 3 nitrogen and oxygen atoms in total. The van der Waals surface area contributed by atoms with Gasteiger partial charge in [0.25, 0.3) is 5.91 Å². The average Bonchev–Trinajstić information content (AvgIpc) is 2.23. The summed E-state index contributed by atoms with van der Waals surface area (Å²) in [6, 6.07) is 5.45. The van der Waals surface area contributed by atoms with Crippen molar-refractivity contribution in [2.75, 3.05) is 11.9 Å². The Balaban J connectivity index is 2.63. The molecule has 1 N–H and O–H groups in total. The molecule has 0 radical (unpaired) electrons. The summed E-state index contributed by atoms with van der Waals surface area (Å²) < 4.78 is 4.92. The monoisotopic (exact) mass is 239 g/mol. The summed E-state index contributed by atoms with van der Waals surface area (Å²) in [5.41, 5.74) is 1.64. The van der Waals surface area contributed by atoms with E-state index in [1.54, 1.807) is 12.1 Å². The van der Waals surface area contributed by atoms with Gasteiger partial charge >= 0.3 is 0 Å². The van der Waals surface area contributed by atoms with Crippen LogP contribution in [-0.2, 0) is 9.53 Å². The van der Waals surface area contributed by atoms with E-state index in [9.17, 15) is 4.79 Å². The molecular weight excluding hydrogens is 226 g/mol. The summed E-state index contributed by atoms with van der Waals surface area (Å²) in [6.07, 6.45) is 2.68. The molecule has 0 saturated carbocycles. The van der Waals surface area contributed by atoms with Gasteiger partial charge in [-0.1, -0.05) is 17.7 Å². The van der Waals surface area contributed by atoms with Gasteiger partial charge in [0.05, 0.1) is 23.6 Å². The smallest absolute Gasteiger partial charge is 0.251 e. The highest BCUT2D eigenvalue weighted by atomic mass is 35.5. The van der Waals surface area contributed by atoms with Crippen LogP contribution in [0.3, 0.4) is 0 Å². The highest BCUT2D eigenvalue weighted by Crippen LogP contribution is 2.22. The third-order valence-corrected chi connectivity index (χ3v) is 2.18. The molecule has 0 aliphatic carbocycles. The molecule has 1 rings (SSSR count). The van der Waals surface area contributed by atoms with Crippen LogP contribution in [0.2, 0.25) is 5.02 Å². The van der Waals surface area contributed by atoms with Crippen LogP contribution < -0.4 is 5.32 Å². The Morgan fingerprint density at radius 2 is 2.31 bits per heavy atom. The highest BCUT2D eigenvalue weighted by Gasteiger charge is 2.02. The predicted octanol–water partition coefficient (Wildman–Crippen LogP) is 3.14. The first kappa shape index (κ1) is 12.6. The van der Waals surface area contributed by atoms with Gasteiger partial charge in [0.15, 0.2) is 0 Å². The first-order chi connectivity index (χ1) is 7.63. The van der Waals surface area contributed by atoms with Crippen molar-refractivity contribution in [1.29, 1.82) is 0 Å². The molecule has 0 aliphatic rings. The number of hydrogen-bond donors (Lipinski definition) is 1. The standard InChI is InChI=1S/C12H14ClNO2/c1-3-16-7-6-12(15)14-11-5-4-9(2)8-10(11)13/h4-8H,3H2,1-2H3,(H,14,15). The van der Waals surface area contributed by atoms with Crippen molar-refractivity contribution in [1.82, 2.24) is 0 Å². The first-order valence-corrected chi connectivity index (χ1v) is 5.36. The first-order valence-electron chi connectivity index (χ1n) is 4.98. The Labute approximate surface area is 100 Å². The fourth-order valence-electron chi connectivity index (χ4n) is 1.10. The summed E-state index contributed by atoms with van der Waals surface area (Å²) in [5.74, 6) is -0.265. The largest absolute Gasteiger partial charge is 0.501 e. The van der Waals surface area contributed by atoms with Crippen LogP contribution in [0, 0.1) is 6.92 Å². The Kier molecular flexibility index (Phi) is 4.86. The van der Waals surface area contributed by atoms with Crippen molar-refractivity contribution in [3.63, 3.8) is 0 Å². The zero-order valence-electron chi connectivity index (χ0n) is 9.29. The van der Waals surface area contributed by atoms with Crippen LogP contribution >= 0.6 is 11.6 Å². The van der Waals surface area contributed by atoms with Gasteiger partial charge in [-0.05, 0) is 31.5 Å². The normalized spacial score (nSPS) is 10.4. The number of ether oxygens (including phenoxy) is 1. The second-order valence-corrected chi connectivity index (χ2v) is 3.64. The minimum atomic E-state index is -0.265. The van der Waals surface area contributed by atoms with E-state index in [4.69, 9.17) is 16.3 Å². The minimum absolute atomic E-state index is 0.265. The lowest BCUT2D eigenvalue weighted by Gasteiger charge is -2.05. The molecule has 16 heavy (non-hydrogen) atoms. The molecule has 1 aromatic rings. The van der Waals surface area contributed by atoms with Crippen LogP contribution in [0.25, 0.3) is 0 Å². The zero-order valence-corrected chi connectivity index (χ0v) is 10.0. The second-order valence-electron chi connectivity index (χ2n) is 3.23. The summed E-state index contributed by atoms with van der Waals surface area (Å²) in [5, 5.41) is 3.18. The molecule has 0 heterocycles. The summed E-state index contributed by atoms with van der Waals surface area (Å²) in [4.78, 5) is 11.4. The van der Waals surface area contributed by atoms with Gasteiger partial charge in [-0.15, -0.1) is 0 Å². The number of anilines is 1. The lowest BCUT2D eigenvalue weighted by molar-refractivity contribution is -0.112. The summed E-state index contributed by atoms with van der Waals surface area (Å²) >= 11 is 5.96. The zero-order chi connectivity index (χ0) is 12.0. The maximum absolute atomic E-state index is 11.4. The number of aryl methyl sites for hydroxylation is 1. The minimum Gasteiger partial charge on any atom is -0.501 e. The lowest BCUT2D eigenvalue weighted by Crippen LogP contribution is -2.08. The molecule has 4 heteroatoms. The molecule has 0 bridgehead atoms. The van der Waals surface area contributed by atoms with Crippen molar-refractivity contribution in [3.05, 3.63) is 41.1 Å². The molecule has 1 aromatic carbocycles. The van der Waals surface area contributed by atoms with Crippen molar-refractivity contribution >= 4 is 23.2 Å². The Morgan fingerprint density at radius 1 is 1.56 bits per heavy atom. The van der Waals surface area contributed by atoms with Gasteiger partial charge in [0, 0.05) is 6.08 Å². The van der Waals surface area contributed by atoms with Crippen molar-refractivity contribution in [2.45, 2.75) is 13.8 Å². The van der Waals surface area contributed by atoms with Gasteiger partial charge in [-0.2, -0.15) is 0 Å². The second kappa shape index (κ2) is 6.18. The van der Waals surface area contributed by atoms with E-state index < -0.39 is 0 Å². The third-order valence-electron chi connectivity index (χ3n) is 1.86. The number of carbonyl (C=O) groups is 1. The fraction of sp³-hybridized carbons (Fsp3) is 0.250. The van der Waals surface area contributed by atoms with E-state index in [2.05, 4.69) is 5.32 Å². The number of hydrogen-bond acceptors (Lipinski definition) is 2. The van der Waals surface area contributed by atoms with E-state index in [-0.39, 0.29) is 5.91 Å². The van der Waals surface area contributed by atoms with Crippen LogP contribution in [0.5, 0.6) is 0 Å². The molecule has 0 spiro atoms. The molecule has 86 valence electrons. The Bertz CT molecular complexity index is 402. The summed E-state index contributed by atoms with van der Waals surface area (Å²) in [7, 11) is 0. The highest BCUT2D eigenvalue weighted by molar-refractivity contribution is 6.33. The van der Waals surface area contributed by atoms with Crippen molar-refractivity contribution in [3.8, 4) is 0 Å². The molecule has 0 saturated heterocycles. The van der Waals surface area contributed by atoms with E-state index in [0.29, 0.717) is 17.3 Å². The quantitative estimate of drug-likeness (QED) is 0.648. The van der Waals surface area contributed by atoms with Crippen LogP contribution in [0.4, 0.5) is 5.69 Å². The molecular formula is C12H14ClNO2. The SMILES string of the molecule is CCOC=CC(=O)Nc1ccc(C)cc1Cl. The van der Waals surface area contributed by atoms with E-state index in [0.717, 1.165) is 5.56 Å². The Hall–Kier alpha value is -1.48. The summed E-state index contributed by atoms with van der Waals surface area (Å²) in [6.45, 7) is 4.32. The van der Waals surface area contributed by atoms with E-state index >= 15 is 0 Å². The van der Waals surface area contributed by atoms with Crippen LogP contribution in [0.1, 0.15) is 12.5 Å². The van der Waals surface area contributed by atoms with Crippen molar-refractivity contribution < 1.29 is 9.53 Å². The molecule has 0 aromatic heterocycles. The number of carbonyl (C=O) groups excluding carboxylic acids is 1. The maximum atomic E-state index is 11.4. The van der Waals surface area contributed by atoms with Crippen LogP contribution in [-0.4, -0.2) is 12.5 Å². The molecule has 0 unspecified atom stereocenters. The number of nitrogens with one attached hydrogen (secondary N) is 1. The molecule has 0 aliphatic heterocycles. The number of rotatable bonds is 4. The van der Waals surface area contributed by atoms with Crippen LogP contribution in [0.15, 0.2) is 30.5 Å². The number of halogens is 1. The topological polar surface area (TPSA) is 38.3 Å². The lowest BCUT2D eigenvalue weighted by atomic mass is 10.2. The van der Waals surface area contributed by atoms with Gasteiger partial charge in [0.1, 0.15) is 0 Å². The fourth-order valence-corrected chi connectivity index (χ4v) is 1.38. The number of amides is 1. The average molecular weight is 240 g/mol. The number of benzene rings is 1.